The SMILES string of the molecule is CCC1(OCCOC)CCC(C)Cn2c1nc(C(=O)NCc1ccc(F)cc1)c(O)c2=O. The van der Waals surface area contributed by atoms with Crippen LogP contribution in [0.1, 0.15) is 55.0 Å². The second-order valence-electron chi connectivity index (χ2n) is 8.19. The summed E-state index contributed by atoms with van der Waals surface area (Å²) in [6.07, 6.45) is 1.97. The molecule has 2 unspecified atom stereocenters. The Bertz CT molecular complexity index is 1010. The lowest BCUT2D eigenvalue weighted by Gasteiger charge is -2.32. The summed E-state index contributed by atoms with van der Waals surface area (Å²) in [6, 6.07) is 5.67. The average Bonchev–Trinajstić information content (AvgIpc) is 2.93. The second-order valence-corrected chi connectivity index (χ2v) is 8.19. The largest absolute Gasteiger partial charge is 0.501 e. The van der Waals surface area contributed by atoms with Crippen molar-refractivity contribution in [2.75, 3.05) is 20.3 Å². The fourth-order valence-corrected chi connectivity index (χ4v) is 3.98. The van der Waals surface area contributed by atoms with Gasteiger partial charge < -0.3 is 19.9 Å². The first kappa shape index (κ1) is 23.9. The van der Waals surface area contributed by atoms with Gasteiger partial charge >= 0.3 is 0 Å². The topological polar surface area (TPSA) is 103 Å². The van der Waals surface area contributed by atoms with Gasteiger partial charge in [-0.15, -0.1) is 0 Å². The molecule has 2 heterocycles. The molecule has 3 rings (SSSR count). The average molecular weight is 448 g/mol. The number of carbonyl (C=O) groups is 1. The summed E-state index contributed by atoms with van der Waals surface area (Å²) < 4.78 is 25.8. The molecule has 1 aromatic heterocycles. The first-order valence-corrected chi connectivity index (χ1v) is 10.8. The summed E-state index contributed by atoms with van der Waals surface area (Å²) in [7, 11) is 1.58. The number of nitrogens with zero attached hydrogens (tertiary/aromatic N) is 2. The monoisotopic (exact) mass is 447 g/mol. The number of aromatic nitrogens is 2. The van der Waals surface area contributed by atoms with Gasteiger partial charge in [0, 0.05) is 20.2 Å². The number of ether oxygens (including phenoxy) is 2. The Balaban J connectivity index is 1.98. The van der Waals surface area contributed by atoms with Crippen LogP contribution in [0.15, 0.2) is 29.1 Å². The van der Waals surface area contributed by atoms with Gasteiger partial charge in [-0.05, 0) is 42.9 Å². The number of nitrogens with one attached hydrogen (secondary N) is 1. The summed E-state index contributed by atoms with van der Waals surface area (Å²) in [5, 5.41) is 13.2. The third-order valence-electron chi connectivity index (χ3n) is 5.91. The highest BCUT2D eigenvalue weighted by atomic mass is 19.1. The van der Waals surface area contributed by atoms with Crippen molar-refractivity contribution in [3.63, 3.8) is 0 Å². The number of amides is 1. The van der Waals surface area contributed by atoms with Crippen LogP contribution in [0.3, 0.4) is 0 Å². The molecule has 2 atom stereocenters. The van der Waals surface area contributed by atoms with Crippen LogP contribution in [-0.4, -0.2) is 40.9 Å². The molecular formula is C23H30FN3O5. The predicted molar refractivity (Wildman–Crippen MR) is 116 cm³/mol. The molecule has 32 heavy (non-hydrogen) atoms. The minimum absolute atomic E-state index is 0.0962. The number of carbonyl (C=O) groups excluding carboxylic acids is 1. The van der Waals surface area contributed by atoms with Crippen molar-refractivity contribution in [3.8, 4) is 5.75 Å². The molecule has 1 aromatic carbocycles. The van der Waals surface area contributed by atoms with Gasteiger partial charge in [0.05, 0.1) is 13.2 Å². The van der Waals surface area contributed by atoms with Crippen LogP contribution >= 0.6 is 0 Å². The molecule has 9 heteroatoms. The predicted octanol–water partition coefficient (Wildman–Crippen LogP) is 2.72. The molecule has 8 nitrogen and oxygen atoms in total. The van der Waals surface area contributed by atoms with Crippen molar-refractivity contribution < 1.29 is 23.8 Å². The first-order valence-electron chi connectivity index (χ1n) is 10.8. The first-order chi connectivity index (χ1) is 15.3. The van der Waals surface area contributed by atoms with E-state index in [9.17, 15) is 19.1 Å². The molecule has 0 radical (unpaired) electrons. The number of hydrogen-bond donors (Lipinski definition) is 2. The van der Waals surface area contributed by atoms with Crippen molar-refractivity contribution in [1.29, 1.82) is 0 Å². The zero-order chi connectivity index (χ0) is 23.3. The molecule has 1 aliphatic heterocycles. The minimum atomic E-state index is -0.873. The van der Waals surface area contributed by atoms with Crippen LogP contribution in [0.25, 0.3) is 0 Å². The van der Waals surface area contributed by atoms with Gasteiger partial charge in [-0.3, -0.25) is 14.2 Å². The van der Waals surface area contributed by atoms with E-state index in [2.05, 4.69) is 10.3 Å². The molecule has 2 aromatic rings. The standard InChI is InChI=1S/C23H30FN3O5/c1-4-23(32-12-11-31-3)10-9-15(2)14-27-21(30)19(28)18(26-22(23)27)20(29)25-13-16-5-7-17(24)8-6-16/h5-8,15,28H,4,9-14H2,1-3H3,(H,25,29). The van der Waals surface area contributed by atoms with Crippen LogP contribution in [-0.2, 0) is 28.2 Å². The zero-order valence-electron chi connectivity index (χ0n) is 18.7. The number of fused-ring (bicyclic) bond motifs is 1. The van der Waals surface area contributed by atoms with Crippen molar-refractivity contribution in [2.24, 2.45) is 5.92 Å². The zero-order valence-corrected chi connectivity index (χ0v) is 18.7. The van der Waals surface area contributed by atoms with Crippen LogP contribution in [0, 0.1) is 11.7 Å². The molecule has 0 aliphatic carbocycles. The van der Waals surface area contributed by atoms with Crippen LogP contribution in [0.5, 0.6) is 5.75 Å². The highest BCUT2D eigenvalue weighted by Gasteiger charge is 2.40. The van der Waals surface area contributed by atoms with Gasteiger partial charge in [0.25, 0.3) is 11.5 Å². The Morgan fingerprint density at radius 3 is 2.72 bits per heavy atom. The highest BCUT2D eigenvalue weighted by molar-refractivity contribution is 5.94. The fraction of sp³-hybridized carbons (Fsp3) is 0.522. The van der Waals surface area contributed by atoms with E-state index in [4.69, 9.17) is 9.47 Å². The van der Waals surface area contributed by atoms with Crippen molar-refractivity contribution >= 4 is 5.91 Å². The van der Waals surface area contributed by atoms with Gasteiger partial charge in [-0.1, -0.05) is 26.0 Å². The summed E-state index contributed by atoms with van der Waals surface area (Å²) >= 11 is 0. The maximum atomic E-state index is 13.1. The number of halogens is 1. The Labute approximate surface area is 186 Å². The highest BCUT2D eigenvalue weighted by Crippen LogP contribution is 2.37. The van der Waals surface area contributed by atoms with E-state index in [1.54, 1.807) is 19.2 Å². The minimum Gasteiger partial charge on any atom is -0.501 e. The lowest BCUT2D eigenvalue weighted by molar-refractivity contribution is -0.0832. The smallest absolute Gasteiger partial charge is 0.296 e. The normalized spacial score (nSPS) is 20.4. The quantitative estimate of drug-likeness (QED) is 0.604. The molecule has 0 spiro atoms. The number of hydrogen-bond acceptors (Lipinski definition) is 6. The van der Waals surface area contributed by atoms with Gasteiger partial charge in [0.1, 0.15) is 17.2 Å². The van der Waals surface area contributed by atoms with E-state index in [1.165, 1.54) is 16.7 Å². The maximum Gasteiger partial charge on any atom is 0.296 e. The Morgan fingerprint density at radius 2 is 2.06 bits per heavy atom. The molecule has 1 aliphatic rings. The Kier molecular flexibility index (Phi) is 7.63. The Morgan fingerprint density at radius 1 is 1.34 bits per heavy atom. The molecule has 0 fully saturated rings. The van der Waals surface area contributed by atoms with E-state index < -0.39 is 22.8 Å². The van der Waals surface area contributed by atoms with E-state index >= 15 is 0 Å². The fourth-order valence-electron chi connectivity index (χ4n) is 3.98. The van der Waals surface area contributed by atoms with Crippen molar-refractivity contribution in [2.45, 2.75) is 51.8 Å². The molecule has 174 valence electrons. The lowest BCUT2D eigenvalue weighted by Crippen LogP contribution is -2.39. The Hall–Kier alpha value is -2.78. The van der Waals surface area contributed by atoms with Crippen molar-refractivity contribution in [1.82, 2.24) is 14.9 Å². The van der Waals surface area contributed by atoms with Gasteiger partial charge in [-0.2, -0.15) is 0 Å². The summed E-state index contributed by atoms with van der Waals surface area (Å²) in [4.78, 5) is 30.4. The maximum absolute atomic E-state index is 13.1. The van der Waals surface area contributed by atoms with Gasteiger partial charge in [-0.25, -0.2) is 9.37 Å². The van der Waals surface area contributed by atoms with E-state index in [-0.39, 0.29) is 24.0 Å². The van der Waals surface area contributed by atoms with E-state index in [1.807, 2.05) is 13.8 Å². The van der Waals surface area contributed by atoms with Gasteiger partial charge in [0.2, 0.25) is 5.75 Å². The lowest BCUT2D eigenvalue weighted by atomic mass is 9.91. The van der Waals surface area contributed by atoms with Gasteiger partial charge in [0.15, 0.2) is 5.69 Å². The van der Waals surface area contributed by atoms with Crippen LogP contribution < -0.4 is 10.9 Å². The number of benzene rings is 1. The van der Waals surface area contributed by atoms with E-state index in [0.717, 1.165) is 6.42 Å². The number of methoxy groups -OCH3 is 1. The summed E-state index contributed by atoms with van der Waals surface area (Å²) in [6.45, 7) is 5.13. The van der Waals surface area contributed by atoms with Crippen LogP contribution in [0.4, 0.5) is 4.39 Å². The third kappa shape index (κ3) is 4.99. The third-order valence-corrected chi connectivity index (χ3v) is 5.91. The van der Waals surface area contributed by atoms with E-state index in [0.29, 0.717) is 44.0 Å². The van der Waals surface area contributed by atoms with Crippen LogP contribution in [0.2, 0.25) is 0 Å². The number of aromatic hydroxyl groups is 1. The second kappa shape index (κ2) is 10.2. The molecule has 1 amide bonds. The van der Waals surface area contributed by atoms with Crippen molar-refractivity contribution in [3.05, 3.63) is 57.5 Å². The summed E-state index contributed by atoms with van der Waals surface area (Å²) in [5.41, 5.74) is -1.21. The molecular weight excluding hydrogens is 417 g/mol. The summed E-state index contributed by atoms with van der Waals surface area (Å²) in [5.74, 6) is -1.25. The molecule has 0 bridgehead atoms. The molecule has 0 saturated carbocycles. The molecule has 0 saturated heterocycles. The molecule has 2 N–H and O–H groups in total. The number of rotatable bonds is 8.